The highest BCUT2D eigenvalue weighted by molar-refractivity contribution is 7.45. The molecule has 1 atom stereocenters. The summed E-state index contributed by atoms with van der Waals surface area (Å²) in [4.78, 5) is -0.204. The van der Waals surface area contributed by atoms with Gasteiger partial charge in [-0.25, -0.2) is 0 Å². The fraction of sp³-hybridized carbons (Fsp3) is 1.00. The van der Waals surface area contributed by atoms with Crippen LogP contribution in [0.25, 0.3) is 0 Å². The second kappa shape index (κ2) is 3.66. The molecule has 0 aliphatic carbocycles. The molecule has 0 aromatic rings. The van der Waals surface area contributed by atoms with Crippen molar-refractivity contribution >= 4 is 40.5 Å². The van der Waals surface area contributed by atoms with Crippen molar-refractivity contribution in [1.82, 2.24) is 0 Å². The van der Waals surface area contributed by atoms with E-state index < -0.39 is 6.69 Å². The van der Waals surface area contributed by atoms with Gasteiger partial charge < -0.3 is 0 Å². The smallest absolute Gasteiger partial charge is 0.146 e. The fourth-order valence-corrected chi connectivity index (χ4v) is 5.30. The fourth-order valence-electron chi connectivity index (χ4n) is 0.772. The topological polar surface area (TPSA) is 0 Å². The van der Waals surface area contributed by atoms with Crippen LogP contribution in [0.3, 0.4) is 0 Å². The molecule has 10 heavy (non-hydrogen) atoms. The van der Waals surface area contributed by atoms with Crippen LogP contribution in [-0.4, -0.2) is 11.6 Å². The zero-order valence-corrected chi connectivity index (χ0v) is 9.82. The van der Waals surface area contributed by atoms with Crippen molar-refractivity contribution in [2.24, 2.45) is 0 Å². The molecule has 0 spiro atoms. The van der Waals surface area contributed by atoms with E-state index >= 15 is 0 Å². The summed E-state index contributed by atoms with van der Waals surface area (Å²) in [5, 5.41) is 0. The van der Waals surface area contributed by atoms with Gasteiger partial charge in [-0.3, -0.25) is 0 Å². The third-order valence-corrected chi connectivity index (χ3v) is 4.24. The molecule has 0 radical (unpaired) electrons. The monoisotopic (exact) mass is 218 g/mol. The molecule has 4 heteroatoms. The molecular weight excluding hydrogens is 207 g/mol. The van der Waals surface area contributed by atoms with Crippen LogP contribution in [0.2, 0.25) is 12.6 Å². The van der Waals surface area contributed by atoms with E-state index in [1.807, 2.05) is 20.4 Å². The Hall–Kier alpha value is 1.09. The molecule has 0 aromatic carbocycles. The Morgan fingerprint density at radius 3 is 1.90 bits per heavy atom. The van der Waals surface area contributed by atoms with Crippen molar-refractivity contribution in [3.05, 3.63) is 0 Å². The minimum absolute atomic E-state index is 0.204. The SMILES string of the molecule is CCC(C)(Cl)C[Si](C)(Cl)Cl. The van der Waals surface area contributed by atoms with E-state index in [1.165, 1.54) is 0 Å². The van der Waals surface area contributed by atoms with Crippen LogP contribution in [0.4, 0.5) is 0 Å². The lowest BCUT2D eigenvalue weighted by Gasteiger charge is -2.23. The molecule has 0 heterocycles. The molecular formula is C6H13Cl3Si. The van der Waals surface area contributed by atoms with Crippen LogP contribution in [0.1, 0.15) is 20.3 Å². The van der Waals surface area contributed by atoms with Crippen LogP contribution in [0.5, 0.6) is 0 Å². The van der Waals surface area contributed by atoms with Crippen LogP contribution >= 0.6 is 33.8 Å². The third kappa shape index (κ3) is 5.84. The second-order valence-corrected chi connectivity index (χ2v) is 12.0. The summed E-state index contributed by atoms with van der Waals surface area (Å²) < 4.78 is 0. The van der Waals surface area contributed by atoms with Gasteiger partial charge in [0.25, 0.3) is 0 Å². The highest BCUT2D eigenvalue weighted by atomic mass is 35.7. The van der Waals surface area contributed by atoms with Crippen molar-refractivity contribution in [2.75, 3.05) is 0 Å². The normalized spacial score (nSPS) is 18.6. The highest BCUT2D eigenvalue weighted by Crippen LogP contribution is 2.33. The number of halogens is 3. The minimum Gasteiger partial charge on any atom is -0.146 e. The Labute approximate surface area is 78.3 Å². The van der Waals surface area contributed by atoms with E-state index in [-0.39, 0.29) is 4.87 Å². The van der Waals surface area contributed by atoms with Gasteiger partial charge >= 0.3 is 0 Å². The molecule has 0 fully saturated rings. The Kier molecular flexibility index (Phi) is 4.06. The lowest BCUT2D eigenvalue weighted by Crippen LogP contribution is -2.26. The first-order valence-electron chi connectivity index (χ1n) is 3.33. The predicted octanol–water partition coefficient (Wildman–Crippen LogP) is 3.94. The summed E-state index contributed by atoms with van der Waals surface area (Å²) in [5.41, 5.74) is 0. The average Bonchev–Trinajstić information content (AvgIpc) is 1.60. The molecule has 0 nitrogen and oxygen atoms in total. The van der Waals surface area contributed by atoms with E-state index in [0.717, 1.165) is 12.5 Å². The summed E-state index contributed by atoms with van der Waals surface area (Å²) in [6.07, 6.45) is 0.913. The molecule has 0 aromatic heterocycles. The Balaban J connectivity index is 3.89. The molecule has 0 bridgehead atoms. The maximum absolute atomic E-state index is 6.07. The highest BCUT2D eigenvalue weighted by Gasteiger charge is 2.31. The average molecular weight is 220 g/mol. The minimum atomic E-state index is -2.00. The number of rotatable bonds is 3. The number of hydrogen-bond acceptors (Lipinski definition) is 0. The Morgan fingerprint density at radius 1 is 1.40 bits per heavy atom. The van der Waals surface area contributed by atoms with E-state index in [0.29, 0.717) is 0 Å². The first kappa shape index (κ1) is 11.1. The quantitative estimate of drug-likeness (QED) is 0.383. The van der Waals surface area contributed by atoms with Gasteiger partial charge in [0, 0.05) is 4.87 Å². The zero-order valence-electron chi connectivity index (χ0n) is 6.55. The summed E-state index contributed by atoms with van der Waals surface area (Å²) >= 11 is 17.9. The summed E-state index contributed by atoms with van der Waals surface area (Å²) in [7, 11) is 0. The third-order valence-electron chi connectivity index (χ3n) is 1.42. The van der Waals surface area contributed by atoms with Crippen LogP contribution in [0.15, 0.2) is 0 Å². The lowest BCUT2D eigenvalue weighted by molar-refractivity contribution is 0.665. The van der Waals surface area contributed by atoms with Gasteiger partial charge in [-0.1, -0.05) is 6.92 Å². The molecule has 0 aliphatic heterocycles. The summed E-state index contributed by atoms with van der Waals surface area (Å²) in [6, 6.07) is 0.751. The van der Waals surface area contributed by atoms with Crippen molar-refractivity contribution in [3.63, 3.8) is 0 Å². The second-order valence-electron chi connectivity index (χ2n) is 3.01. The van der Waals surface area contributed by atoms with Crippen LogP contribution in [0, 0.1) is 0 Å². The van der Waals surface area contributed by atoms with Gasteiger partial charge in [0.2, 0.25) is 6.69 Å². The Morgan fingerprint density at radius 2 is 1.80 bits per heavy atom. The maximum Gasteiger partial charge on any atom is 0.250 e. The molecule has 0 N–H and O–H groups in total. The van der Waals surface area contributed by atoms with E-state index in [2.05, 4.69) is 0 Å². The largest absolute Gasteiger partial charge is 0.250 e. The lowest BCUT2D eigenvalue weighted by atomic mass is 10.1. The van der Waals surface area contributed by atoms with E-state index in [1.54, 1.807) is 0 Å². The molecule has 62 valence electrons. The van der Waals surface area contributed by atoms with Crippen molar-refractivity contribution in [1.29, 1.82) is 0 Å². The maximum atomic E-state index is 6.07. The Bertz CT molecular complexity index is 106. The van der Waals surface area contributed by atoms with Crippen molar-refractivity contribution < 1.29 is 0 Å². The molecule has 0 aliphatic rings. The van der Waals surface area contributed by atoms with Gasteiger partial charge in [-0.15, -0.1) is 33.8 Å². The van der Waals surface area contributed by atoms with Crippen molar-refractivity contribution in [2.45, 2.75) is 37.7 Å². The van der Waals surface area contributed by atoms with Crippen LogP contribution < -0.4 is 0 Å². The van der Waals surface area contributed by atoms with E-state index in [9.17, 15) is 0 Å². The molecule has 0 amide bonds. The van der Waals surface area contributed by atoms with Gasteiger partial charge in [0.05, 0.1) is 0 Å². The molecule has 0 saturated carbocycles. The predicted molar refractivity (Wildman–Crippen MR) is 52.7 cm³/mol. The molecule has 0 saturated heterocycles. The van der Waals surface area contributed by atoms with Crippen molar-refractivity contribution in [3.8, 4) is 0 Å². The molecule has 1 unspecified atom stereocenters. The summed E-state index contributed by atoms with van der Waals surface area (Å²) in [6.45, 7) is 3.91. The van der Waals surface area contributed by atoms with Gasteiger partial charge in [0.15, 0.2) is 0 Å². The number of hydrogen-bond donors (Lipinski definition) is 0. The zero-order chi connectivity index (χ0) is 8.41. The van der Waals surface area contributed by atoms with Gasteiger partial charge in [-0.05, 0) is 25.9 Å². The molecule has 0 rings (SSSR count). The van der Waals surface area contributed by atoms with Gasteiger partial charge in [0.1, 0.15) is 0 Å². The van der Waals surface area contributed by atoms with E-state index in [4.69, 9.17) is 33.8 Å². The first-order valence-corrected chi connectivity index (χ1v) is 8.44. The summed E-state index contributed by atoms with van der Waals surface area (Å²) in [5.74, 6) is 0. The first-order chi connectivity index (χ1) is 4.27. The number of alkyl halides is 1. The van der Waals surface area contributed by atoms with Gasteiger partial charge in [-0.2, -0.15) is 0 Å². The standard InChI is InChI=1S/C6H13Cl3Si/c1-4-6(2,7)5-10(3,8)9/h4-5H2,1-3H3. The van der Waals surface area contributed by atoms with Crippen LogP contribution in [-0.2, 0) is 0 Å².